The van der Waals surface area contributed by atoms with Crippen LogP contribution in [-0.4, -0.2) is 37.9 Å². The van der Waals surface area contributed by atoms with E-state index in [0.29, 0.717) is 12.2 Å². The highest BCUT2D eigenvalue weighted by molar-refractivity contribution is 6.09. The number of nitrogens with zero attached hydrogens (tertiary/aromatic N) is 2. The molecule has 0 N–H and O–H groups in total. The number of hydrogen-bond donors (Lipinski definition) is 0. The molecule has 1 aliphatic heterocycles. The Morgan fingerprint density at radius 1 is 1.11 bits per heavy atom. The maximum atomic E-state index is 13.1. The van der Waals surface area contributed by atoms with Crippen LogP contribution >= 0.6 is 0 Å². The zero-order valence-corrected chi connectivity index (χ0v) is 16.1. The Balaban J connectivity index is 1.87. The Morgan fingerprint density at radius 3 is 2.33 bits per heavy atom. The van der Waals surface area contributed by atoms with Crippen molar-refractivity contribution in [2.75, 3.05) is 25.2 Å². The van der Waals surface area contributed by atoms with E-state index in [1.807, 2.05) is 67.3 Å². The lowest BCUT2D eigenvalue weighted by Gasteiger charge is -2.30. The van der Waals surface area contributed by atoms with Crippen LogP contribution in [0.1, 0.15) is 37.0 Å². The summed E-state index contributed by atoms with van der Waals surface area (Å²) in [4.78, 5) is 19.8. The van der Waals surface area contributed by atoms with Crippen molar-refractivity contribution in [3.8, 4) is 11.5 Å². The number of carbonyl (C=O) groups excluding carboxylic acids is 1. The van der Waals surface area contributed by atoms with Crippen molar-refractivity contribution in [3.05, 3.63) is 54.1 Å². The largest absolute Gasteiger partial charge is 0.497 e. The van der Waals surface area contributed by atoms with Gasteiger partial charge in [-0.05, 0) is 68.8 Å². The Kier molecular flexibility index (Phi) is 6.12. The lowest BCUT2D eigenvalue weighted by atomic mass is 10.0. The van der Waals surface area contributed by atoms with E-state index in [4.69, 9.17) is 9.47 Å². The predicted molar refractivity (Wildman–Crippen MR) is 108 cm³/mol. The van der Waals surface area contributed by atoms with E-state index in [2.05, 4.69) is 4.99 Å². The summed E-state index contributed by atoms with van der Waals surface area (Å²) in [5.41, 5.74) is 1.62. The van der Waals surface area contributed by atoms with Crippen LogP contribution in [-0.2, 0) is 0 Å². The fraction of sp³-hybridized carbons (Fsp3) is 0.364. The van der Waals surface area contributed by atoms with Gasteiger partial charge in [-0.25, -0.2) is 0 Å². The quantitative estimate of drug-likeness (QED) is 0.683. The first-order valence-corrected chi connectivity index (χ1v) is 9.37. The minimum Gasteiger partial charge on any atom is -0.497 e. The van der Waals surface area contributed by atoms with E-state index in [0.717, 1.165) is 42.4 Å². The number of methoxy groups -OCH3 is 1. The second-order valence-electron chi connectivity index (χ2n) is 6.47. The molecule has 0 bridgehead atoms. The molecule has 2 aromatic rings. The average Bonchev–Trinajstić information content (AvgIpc) is 3.23. The molecule has 1 unspecified atom stereocenters. The molecule has 0 saturated carbocycles. The number of ether oxygens (including phenoxy) is 2. The van der Waals surface area contributed by atoms with Crippen molar-refractivity contribution in [1.82, 2.24) is 0 Å². The number of benzene rings is 2. The third-order valence-electron chi connectivity index (χ3n) is 4.70. The van der Waals surface area contributed by atoms with Crippen molar-refractivity contribution in [2.45, 2.75) is 32.7 Å². The molecule has 27 heavy (non-hydrogen) atoms. The SMILES string of the molecule is CCOc1ccc(C(=O)C(C)N(C2=NCCC2)c2ccc(OC)cc2)cc1. The number of ketones is 1. The summed E-state index contributed by atoms with van der Waals surface area (Å²) in [5.74, 6) is 2.59. The van der Waals surface area contributed by atoms with Crippen LogP contribution in [0, 0.1) is 0 Å². The summed E-state index contributed by atoms with van der Waals surface area (Å²) in [6.07, 6.45) is 1.90. The maximum absolute atomic E-state index is 13.1. The Bertz CT molecular complexity index is 797. The molecule has 5 heteroatoms. The van der Waals surface area contributed by atoms with Crippen LogP contribution < -0.4 is 14.4 Å². The molecule has 1 heterocycles. The van der Waals surface area contributed by atoms with Gasteiger partial charge >= 0.3 is 0 Å². The third kappa shape index (κ3) is 4.30. The van der Waals surface area contributed by atoms with Gasteiger partial charge in [0.25, 0.3) is 0 Å². The van der Waals surface area contributed by atoms with Crippen LogP contribution in [0.5, 0.6) is 11.5 Å². The lowest BCUT2D eigenvalue weighted by molar-refractivity contribution is 0.0969. The predicted octanol–water partition coefficient (Wildman–Crippen LogP) is 4.36. The Labute approximate surface area is 160 Å². The molecule has 0 fully saturated rings. The van der Waals surface area contributed by atoms with E-state index < -0.39 is 0 Å². The monoisotopic (exact) mass is 366 g/mol. The van der Waals surface area contributed by atoms with Crippen LogP contribution in [0.25, 0.3) is 0 Å². The molecule has 0 amide bonds. The van der Waals surface area contributed by atoms with Crippen LogP contribution in [0.15, 0.2) is 53.5 Å². The summed E-state index contributed by atoms with van der Waals surface area (Å²) in [6, 6.07) is 14.7. The standard InChI is InChI=1S/C22H26N2O3/c1-4-27-20-11-7-17(8-12-20)22(25)16(2)24(21-6-5-15-23-21)18-9-13-19(26-3)14-10-18/h7-14,16H,4-6,15H2,1-3H3. The molecule has 0 aliphatic carbocycles. The highest BCUT2D eigenvalue weighted by Crippen LogP contribution is 2.26. The van der Waals surface area contributed by atoms with Gasteiger partial charge < -0.3 is 14.4 Å². The van der Waals surface area contributed by atoms with Crippen molar-refractivity contribution >= 4 is 17.3 Å². The molecule has 142 valence electrons. The van der Waals surface area contributed by atoms with Gasteiger partial charge in [0.2, 0.25) is 0 Å². The van der Waals surface area contributed by atoms with Gasteiger partial charge in [-0.2, -0.15) is 0 Å². The lowest BCUT2D eigenvalue weighted by Crippen LogP contribution is -2.43. The van der Waals surface area contributed by atoms with E-state index in [1.165, 1.54) is 0 Å². The molecule has 5 nitrogen and oxygen atoms in total. The minimum atomic E-state index is -0.354. The molecular formula is C22H26N2O3. The highest BCUT2D eigenvalue weighted by atomic mass is 16.5. The number of carbonyl (C=O) groups is 1. The first-order valence-electron chi connectivity index (χ1n) is 9.37. The van der Waals surface area contributed by atoms with Crippen LogP contribution in [0.3, 0.4) is 0 Å². The first-order chi connectivity index (χ1) is 13.1. The zero-order chi connectivity index (χ0) is 19.2. The van der Waals surface area contributed by atoms with Gasteiger partial charge in [-0.1, -0.05) is 0 Å². The van der Waals surface area contributed by atoms with Gasteiger partial charge in [-0.3, -0.25) is 9.79 Å². The number of anilines is 1. The fourth-order valence-corrected chi connectivity index (χ4v) is 3.30. The summed E-state index contributed by atoms with van der Waals surface area (Å²) in [6.45, 7) is 5.29. The average molecular weight is 366 g/mol. The van der Waals surface area contributed by atoms with E-state index in [1.54, 1.807) is 7.11 Å². The molecule has 0 saturated heterocycles. The highest BCUT2D eigenvalue weighted by Gasteiger charge is 2.28. The topological polar surface area (TPSA) is 51.1 Å². The molecule has 1 aliphatic rings. The van der Waals surface area contributed by atoms with Gasteiger partial charge in [0.15, 0.2) is 5.78 Å². The summed E-state index contributed by atoms with van der Waals surface area (Å²) < 4.78 is 10.7. The van der Waals surface area contributed by atoms with Crippen molar-refractivity contribution < 1.29 is 14.3 Å². The molecular weight excluding hydrogens is 340 g/mol. The fourth-order valence-electron chi connectivity index (χ4n) is 3.30. The Hall–Kier alpha value is -2.82. The van der Waals surface area contributed by atoms with E-state index in [-0.39, 0.29) is 11.8 Å². The molecule has 2 aromatic carbocycles. The number of hydrogen-bond acceptors (Lipinski definition) is 5. The number of aliphatic imine (C=N–C) groups is 1. The summed E-state index contributed by atoms with van der Waals surface area (Å²) in [5, 5.41) is 0. The number of amidine groups is 1. The van der Waals surface area contributed by atoms with Crippen molar-refractivity contribution in [1.29, 1.82) is 0 Å². The van der Waals surface area contributed by atoms with Crippen LogP contribution in [0.2, 0.25) is 0 Å². The van der Waals surface area contributed by atoms with E-state index >= 15 is 0 Å². The first kappa shape index (κ1) is 19.0. The smallest absolute Gasteiger partial charge is 0.185 e. The van der Waals surface area contributed by atoms with Gasteiger partial charge in [0.05, 0.1) is 19.8 Å². The molecule has 3 rings (SSSR count). The van der Waals surface area contributed by atoms with Crippen molar-refractivity contribution in [2.24, 2.45) is 4.99 Å². The zero-order valence-electron chi connectivity index (χ0n) is 16.1. The maximum Gasteiger partial charge on any atom is 0.185 e. The normalized spacial score (nSPS) is 14.4. The number of rotatable bonds is 7. The molecule has 0 aromatic heterocycles. The van der Waals surface area contributed by atoms with E-state index in [9.17, 15) is 4.79 Å². The minimum absolute atomic E-state index is 0.0588. The Morgan fingerprint density at radius 2 is 1.78 bits per heavy atom. The second-order valence-corrected chi connectivity index (χ2v) is 6.47. The van der Waals surface area contributed by atoms with Gasteiger partial charge in [0.1, 0.15) is 17.3 Å². The summed E-state index contributed by atoms with van der Waals surface area (Å²) >= 11 is 0. The summed E-state index contributed by atoms with van der Waals surface area (Å²) in [7, 11) is 1.64. The second kappa shape index (κ2) is 8.71. The van der Waals surface area contributed by atoms with Gasteiger partial charge in [-0.15, -0.1) is 0 Å². The third-order valence-corrected chi connectivity index (χ3v) is 4.70. The molecule has 0 spiro atoms. The van der Waals surface area contributed by atoms with Crippen LogP contribution in [0.4, 0.5) is 5.69 Å². The van der Waals surface area contributed by atoms with Crippen molar-refractivity contribution in [3.63, 3.8) is 0 Å². The molecule has 0 radical (unpaired) electrons. The molecule has 1 atom stereocenters. The van der Waals surface area contributed by atoms with Gasteiger partial charge in [0, 0.05) is 24.2 Å². The number of Topliss-reactive ketones (excluding diaryl/α,β-unsaturated/α-hetero) is 1.